The van der Waals surface area contributed by atoms with Crippen LogP contribution in [-0.4, -0.2) is 18.8 Å². The Morgan fingerprint density at radius 3 is 2.48 bits per heavy atom. The molecule has 0 saturated carbocycles. The van der Waals surface area contributed by atoms with Gasteiger partial charge >= 0.3 is 0 Å². The number of ether oxygens (including phenoxy) is 1. The molecule has 0 fully saturated rings. The molecule has 0 aromatic heterocycles. The van der Waals surface area contributed by atoms with E-state index in [9.17, 15) is 4.79 Å². The van der Waals surface area contributed by atoms with Crippen molar-refractivity contribution in [2.24, 2.45) is 5.41 Å². The van der Waals surface area contributed by atoms with E-state index in [1.807, 2.05) is 6.07 Å². The Bertz CT molecular complexity index is 554. The van der Waals surface area contributed by atoms with Crippen molar-refractivity contribution in [2.45, 2.75) is 57.3 Å². The van der Waals surface area contributed by atoms with Gasteiger partial charge in [-0.15, -0.1) is 11.8 Å². The zero-order valence-electron chi connectivity index (χ0n) is 14.2. The Labute approximate surface area is 148 Å². The lowest BCUT2D eigenvalue weighted by molar-refractivity contribution is -0.125. The van der Waals surface area contributed by atoms with Gasteiger partial charge in [-0.3, -0.25) is 4.79 Å². The fraction of sp³-hybridized carbons (Fsp3) is 0.611. The van der Waals surface area contributed by atoms with Gasteiger partial charge in [0.1, 0.15) is 5.75 Å². The summed E-state index contributed by atoms with van der Waals surface area (Å²) in [5.74, 6) is 1.62. The van der Waals surface area contributed by atoms with Gasteiger partial charge in [-0.05, 0) is 25.0 Å². The molecule has 0 spiro atoms. The van der Waals surface area contributed by atoms with Crippen molar-refractivity contribution in [1.29, 1.82) is 0 Å². The largest absolute Gasteiger partial charge is 0.495 e. The van der Waals surface area contributed by atoms with Crippen LogP contribution in [0.25, 0.3) is 0 Å². The predicted octanol–water partition coefficient (Wildman–Crippen LogP) is 5.76. The quantitative estimate of drug-likeness (QED) is 0.675. The summed E-state index contributed by atoms with van der Waals surface area (Å²) in [6.07, 6.45) is 6.27. The van der Waals surface area contributed by atoms with Gasteiger partial charge in [0.15, 0.2) is 0 Å². The lowest BCUT2D eigenvalue weighted by atomic mass is 9.79. The van der Waals surface area contributed by atoms with Gasteiger partial charge in [0.25, 0.3) is 0 Å². The molecule has 2 rings (SSSR count). The number of anilines is 1. The summed E-state index contributed by atoms with van der Waals surface area (Å²) < 4.78 is 5.30. The summed E-state index contributed by atoms with van der Waals surface area (Å²) in [5, 5.41) is 3.65. The first-order valence-electron chi connectivity index (χ1n) is 8.38. The van der Waals surface area contributed by atoms with Gasteiger partial charge in [-0.2, -0.15) is 0 Å². The third-order valence-electron chi connectivity index (χ3n) is 4.51. The molecule has 1 amide bonds. The summed E-state index contributed by atoms with van der Waals surface area (Å²) in [6, 6.07) is 3.73. The highest BCUT2D eigenvalue weighted by Crippen LogP contribution is 2.45. The minimum atomic E-state index is -0.282. The Morgan fingerprint density at radius 2 is 1.91 bits per heavy atom. The molecule has 0 saturated heterocycles. The lowest BCUT2D eigenvalue weighted by Crippen LogP contribution is -2.37. The summed E-state index contributed by atoms with van der Waals surface area (Å²) in [6.45, 7) is 4.35. The molecule has 0 aliphatic carbocycles. The summed E-state index contributed by atoms with van der Waals surface area (Å²) in [7, 11) is 1.61. The number of rotatable bonds is 7. The Kier molecular flexibility index (Phi) is 6.66. The molecule has 5 heteroatoms. The van der Waals surface area contributed by atoms with E-state index in [0.717, 1.165) is 54.9 Å². The van der Waals surface area contributed by atoms with E-state index < -0.39 is 0 Å². The molecule has 1 aliphatic rings. The van der Waals surface area contributed by atoms with Crippen molar-refractivity contribution in [3.8, 4) is 5.75 Å². The molecular formula is C18H26ClNO2S. The van der Waals surface area contributed by atoms with Crippen molar-refractivity contribution in [3.63, 3.8) is 0 Å². The van der Waals surface area contributed by atoms with E-state index in [2.05, 4.69) is 19.2 Å². The van der Waals surface area contributed by atoms with Crippen LogP contribution in [0.4, 0.5) is 5.69 Å². The third kappa shape index (κ3) is 4.16. The predicted molar refractivity (Wildman–Crippen MR) is 98.8 cm³/mol. The van der Waals surface area contributed by atoms with Crippen molar-refractivity contribution < 1.29 is 9.53 Å². The van der Waals surface area contributed by atoms with Gasteiger partial charge in [0.2, 0.25) is 5.91 Å². The van der Waals surface area contributed by atoms with Gasteiger partial charge in [-0.1, -0.05) is 51.1 Å². The zero-order chi connectivity index (χ0) is 16.9. The summed E-state index contributed by atoms with van der Waals surface area (Å²) in [4.78, 5) is 14.0. The molecule has 1 aliphatic heterocycles. The smallest absolute Gasteiger partial charge is 0.231 e. The molecule has 0 unspecified atom stereocenters. The number of hydrogen-bond donors (Lipinski definition) is 1. The minimum absolute atomic E-state index is 0.145. The highest BCUT2D eigenvalue weighted by molar-refractivity contribution is 7.99. The number of thioether (sulfide) groups is 1. The highest BCUT2D eigenvalue weighted by atomic mass is 35.5. The lowest BCUT2D eigenvalue weighted by Gasteiger charge is -2.30. The van der Waals surface area contributed by atoms with Crippen LogP contribution in [0.15, 0.2) is 17.0 Å². The minimum Gasteiger partial charge on any atom is -0.495 e. The fourth-order valence-corrected chi connectivity index (χ4v) is 4.52. The molecule has 0 atom stereocenters. The Balaban J connectivity index is 2.31. The van der Waals surface area contributed by atoms with Crippen LogP contribution in [0.3, 0.4) is 0 Å². The number of nitrogens with one attached hydrogen (secondary N) is 1. The maximum atomic E-state index is 13.0. The van der Waals surface area contributed by atoms with Gasteiger partial charge in [-0.25, -0.2) is 0 Å². The maximum Gasteiger partial charge on any atom is 0.231 e. The van der Waals surface area contributed by atoms with E-state index in [1.165, 1.54) is 0 Å². The number of methoxy groups -OCH3 is 1. The van der Waals surface area contributed by atoms with E-state index in [-0.39, 0.29) is 11.3 Å². The number of carbonyl (C=O) groups excluding carboxylic acids is 1. The maximum absolute atomic E-state index is 13.0. The zero-order valence-corrected chi connectivity index (χ0v) is 15.8. The topological polar surface area (TPSA) is 38.3 Å². The number of hydrogen-bond acceptors (Lipinski definition) is 3. The van der Waals surface area contributed by atoms with Crippen LogP contribution in [-0.2, 0) is 4.79 Å². The molecule has 23 heavy (non-hydrogen) atoms. The molecule has 128 valence electrons. The van der Waals surface area contributed by atoms with Crippen molar-refractivity contribution >= 4 is 35.0 Å². The first-order chi connectivity index (χ1) is 11.1. The van der Waals surface area contributed by atoms with Gasteiger partial charge in [0, 0.05) is 10.6 Å². The highest BCUT2D eigenvalue weighted by Gasteiger charge is 2.39. The molecular weight excluding hydrogens is 330 g/mol. The van der Waals surface area contributed by atoms with Crippen molar-refractivity contribution in [1.82, 2.24) is 0 Å². The monoisotopic (exact) mass is 355 g/mol. The van der Waals surface area contributed by atoms with Crippen LogP contribution < -0.4 is 10.1 Å². The third-order valence-corrected chi connectivity index (χ3v) is 6.15. The van der Waals surface area contributed by atoms with Gasteiger partial charge < -0.3 is 10.1 Å². The number of carbonyl (C=O) groups is 1. The van der Waals surface area contributed by atoms with E-state index in [1.54, 1.807) is 24.9 Å². The van der Waals surface area contributed by atoms with E-state index in [0.29, 0.717) is 10.8 Å². The fourth-order valence-electron chi connectivity index (χ4n) is 2.97. The average Bonchev–Trinajstić information content (AvgIpc) is 2.67. The molecule has 3 nitrogen and oxygen atoms in total. The van der Waals surface area contributed by atoms with Crippen molar-refractivity contribution in [2.75, 3.05) is 18.2 Å². The molecule has 1 aromatic carbocycles. The number of benzene rings is 1. The molecule has 1 aromatic rings. The van der Waals surface area contributed by atoms with Crippen LogP contribution in [0.2, 0.25) is 5.02 Å². The number of halogens is 1. The van der Waals surface area contributed by atoms with Gasteiger partial charge in [0.05, 0.1) is 23.2 Å². The molecule has 1 N–H and O–H groups in total. The number of amides is 1. The van der Waals surface area contributed by atoms with Crippen LogP contribution in [0.5, 0.6) is 5.75 Å². The molecule has 1 heterocycles. The Morgan fingerprint density at radius 1 is 1.26 bits per heavy atom. The summed E-state index contributed by atoms with van der Waals surface area (Å²) >= 11 is 7.95. The van der Waals surface area contributed by atoms with Crippen LogP contribution in [0, 0.1) is 5.41 Å². The second-order valence-electron chi connectivity index (χ2n) is 6.21. The SMILES string of the molecule is CCCCC1(CCCC)CSc2cc(OC)c(Cl)cc2NC1=O. The van der Waals surface area contributed by atoms with Crippen LogP contribution >= 0.6 is 23.4 Å². The number of unbranched alkanes of at least 4 members (excludes halogenated alkanes) is 2. The molecule has 0 radical (unpaired) electrons. The van der Waals surface area contributed by atoms with Crippen LogP contribution in [0.1, 0.15) is 52.4 Å². The first-order valence-corrected chi connectivity index (χ1v) is 9.74. The normalized spacial score (nSPS) is 16.4. The second kappa shape index (κ2) is 8.29. The van der Waals surface area contributed by atoms with E-state index in [4.69, 9.17) is 16.3 Å². The van der Waals surface area contributed by atoms with E-state index >= 15 is 0 Å². The Hall–Kier alpha value is -0.870. The second-order valence-corrected chi connectivity index (χ2v) is 7.64. The molecule has 0 bridgehead atoms. The van der Waals surface area contributed by atoms with Crippen molar-refractivity contribution in [3.05, 3.63) is 17.2 Å². The first kappa shape index (κ1) is 18.5. The standard InChI is InChI=1S/C18H26ClNO2S/c1-4-6-8-18(9-7-5-2)12-23-16-11-15(22-3)13(19)10-14(16)20-17(18)21/h10-11H,4-9,12H2,1-3H3,(H,20,21). The average molecular weight is 356 g/mol. The number of fused-ring (bicyclic) bond motifs is 1. The summed E-state index contributed by atoms with van der Waals surface area (Å²) in [5.41, 5.74) is 0.524.